The lowest BCUT2D eigenvalue weighted by atomic mass is 10.1. The first kappa shape index (κ1) is 16.5. The Morgan fingerprint density at radius 1 is 1.35 bits per heavy atom. The van der Waals surface area contributed by atoms with Crippen LogP contribution < -0.4 is 10.0 Å². The molecule has 3 N–H and O–H groups in total. The molecule has 1 unspecified atom stereocenters. The summed E-state index contributed by atoms with van der Waals surface area (Å²) in [6.45, 7) is 3.84. The van der Waals surface area contributed by atoms with Crippen LogP contribution in [0.2, 0.25) is 0 Å². The molecule has 6 nitrogen and oxygen atoms in total. The average molecular weight is 300 g/mol. The van der Waals surface area contributed by atoms with Gasteiger partial charge in [0, 0.05) is 19.0 Å². The third-order valence-corrected chi connectivity index (χ3v) is 4.31. The van der Waals surface area contributed by atoms with Crippen molar-refractivity contribution in [3.8, 4) is 0 Å². The zero-order valence-corrected chi connectivity index (χ0v) is 12.4. The molecule has 0 aliphatic heterocycles. The molecule has 0 bridgehead atoms. The number of carbonyl (C=O) groups is 1. The maximum Gasteiger partial charge on any atom is 0.303 e. The molecule has 0 aliphatic rings. The molecule has 112 valence electrons. The first-order chi connectivity index (χ1) is 9.36. The molecule has 1 aromatic carbocycles. The van der Waals surface area contributed by atoms with Gasteiger partial charge in [-0.15, -0.1) is 0 Å². The molecular weight excluding hydrogens is 280 g/mol. The lowest BCUT2D eigenvalue weighted by Crippen LogP contribution is -2.25. The van der Waals surface area contributed by atoms with Crippen LogP contribution in [0.25, 0.3) is 0 Å². The molecule has 0 aliphatic carbocycles. The summed E-state index contributed by atoms with van der Waals surface area (Å²) in [5, 5.41) is 11.7. The minimum atomic E-state index is -3.55. The number of nitrogens with one attached hydrogen (secondary N) is 2. The Bertz CT molecular complexity index is 557. The number of rotatable bonds is 8. The second-order valence-corrected chi connectivity index (χ2v) is 6.21. The lowest BCUT2D eigenvalue weighted by Gasteiger charge is -2.17. The molecule has 7 heteroatoms. The van der Waals surface area contributed by atoms with Crippen LogP contribution in [0.15, 0.2) is 29.2 Å². The highest BCUT2D eigenvalue weighted by molar-refractivity contribution is 7.89. The highest BCUT2D eigenvalue weighted by Crippen LogP contribution is 2.22. The average Bonchev–Trinajstić information content (AvgIpc) is 2.37. The zero-order valence-electron chi connectivity index (χ0n) is 11.6. The van der Waals surface area contributed by atoms with Crippen LogP contribution >= 0.6 is 0 Å². The zero-order chi connectivity index (χ0) is 15.2. The van der Waals surface area contributed by atoms with E-state index in [1.54, 1.807) is 25.1 Å². The van der Waals surface area contributed by atoms with Crippen molar-refractivity contribution in [3.05, 3.63) is 24.3 Å². The van der Waals surface area contributed by atoms with Gasteiger partial charge in [-0.3, -0.25) is 4.79 Å². The van der Waals surface area contributed by atoms with Gasteiger partial charge in [0.05, 0.1) is 5.69 Å². The van der Waals surface area contributed by atoms with Crippen molar-refractivity contribution in [2.45, 2.75) is 37.6 Å². The molecule has 0 saturated carbocycles. The molecule has 0 fully saturated rings. The minimum absolute atomic E-state index is 0.0380. The Balaban J connectivity index is 2.88. The monoisotopic (exact) mass is 300 g/mol. The van der Waals surface area contributed by atoms with Crippen LogP contribution in [-0.4, -0.2) is 32.1 Å². The van der Waals surface area contributed by atoms with E-state index in [-0.39, 0.29) is 17.4 Å². The number of carboxylic acids is 1. The standard InChI is InChI=1S/C13H20N2O4S/c1-3-14-20(18,19)12-7-5-4-6-11(12)15-10(2)8-9-13(16)17/h4-7,10,14-15H,3,8-9H2,1-2H3,(H,16,17). The van der Waals surface area contributed by atoms with Gasteiger partial charge < -0.3 is 10.4 Å². The number of para-hydroxylation sites is 1. The van der Waals surface area contributed by atoms with Crippen LogP contribution in [0.3, 0.4) is 0 Å². The third-order valence-electron chi connectivity index (χ3n) is 2.70. The predicted octanol–water partition coefficient (Wildman–Crippen LogP) is 1.65. The number of benzene rings is 1. The number of carboxylic acid groups (broad SMARTS) is 1. The molecule has 0 aromatic heterocycles. The summed E-state index contributed by atoms with van der Waals surface area (Å²) in [6.07, 6.45) is 0.460. The molecule has 20 heavy (non-hydrogen) atoms. The van der Waals surface area contributed by atoms with Gasteiger partial charge in [-0.2, -0.15) is 0 Å². The molecule has 1 rings (SSSR count). The topological polar surface area (TPSA) is 95.5 Å². The van der Waals surface area contributed by atoms with Gasteiger partial charge in [-0.25, -0.2) is 13.1 Å². The van der Waals surface area contributed by atoms with E-state index in [2.05, 4.69) is 10.0 Å². The van der Waals surface area contributed by atoms with Gasteiger partial charge in [0.25, 0.3) is 0 Å². The van der Waals surface area contributed by atoms with Crippen molar-refractivity contribution in [1.29, 1.82) is 0 Å². The van der Waals surface area contributed by atoms with Gasteiger partial charge in [-0.05, 0) is 25.5 Å². The number of hydrogen-bond donors (Lipinski definition) is 3. The quantitative estimate of drug-likeness (QED) is 0.678. The Kier molecular flexibility index (Phi) is 5.97. The van der Waals surface area contributed by atoms with Crippen molar-refractivity contribution in [2.75, 3.05) is 11.9 Å². The third kappa shape index (κ3) is 4.82. The fourth-order valence-electron chi connectivity index (χ4n) is 1.77. The van der Waals surface area contributed by atoms with Crippen LogP contribution in [0.5, 0.6) is 0 Å². The number of sulfonamides is 1. The molecular formula is C13H20N2O4S. The highest BCUT2D eigenvalue weighted by atomic mass is 32.2. The maximum atomic E-state index is 12.1. The summed E-state index contributed by atoms with van der Waals surface area (Å²) in [6, 6.07) is 6.43. The number of aliphatic carboxylic acids is 1. The Morgan fingerprint density at radius 2 is 2.00 bits per heavy atom. The summed E-state index contributed by atoms with van der Waals surface area (Å²) < 4.78 is 26.6. The van der Waals surface area contributed by atoms with Gasteiger partial charge in [0.1, 0.15) is 4.90 Å². The van der Waals surface area contributed by atoms with E-state index in [0.29, 0.717) is 18.7 Å². The first-order valence-electron chi connectivity index (χ1n) is 6.44. The smallest absolute Gasteiger partial charge is 0.303 e. The predicted molar refractivity (Wildman–Crippen MR) is 77.3 cm³/mol. The summed E-state index contributed by atoms with van der Waals surface area (Å²) in [5.74, 6) is -0.868. The number of anilines is 1. The number of hydrogen-bond acceptors (Lipinski definition) is 4. The Morgan fingerprint density at radius 3 is 2.60 bits per heavy atom. The van der Waals surface area contributed by atoms with Crippen LogP contribution in [0.1, 0.15) is 26.7 Å². The van der Waals surface area contributed by atoms with E-state index in [4.69, 9.17) is 5.11 Å². The van der Waals surface area contributed by atoms with Crippen LogP contribution in [0, 0.1) is 0 Å². The van der Waals surface area contributed by atoms with E-state index >= 15 is 0 Å². The van der Waals surface area contributed by atoms with Gasteiger partial charge in [0.2, 0.25) is 10.0 Å². The molecule has 0 saturated heterocycles. The summed E-state index contributed by atoms with van der Waals surface area (Å²) in [5.41, 5.74) is 0.478. The first-order valence-corrected chi connectivity index (χ1v) is 7.92. The van der Waals surface area contributed by atoms with Crippen molar-refractivity contribution in [2.24, 2.45) is 0 Å². The summed E-state index contributed by atoms with van der Waals surface area (Å²) in [4.78, 5) is 10.7. The molecule has 1 atom stereocenters. The van der Waals surface area contributed by atoms with E-state index in [1.807, 2.05) is 6.92 Å². The van der Waals surface area contributed by atoms with E-state index in [1.165, 1.54) is 6.07 Å². The van der Waals surface area contributed by atoms with Crippen LogP contribution in [0.4, 0.5) is 5.69 Å². The molecule has 0 amide bonds. The van der Waals surface area contributed by atoms with E-state index in [0.717, 1.165) is 0 Å². The Hall–Kier alpha value is -1.60. The fraction of sp³-hybridized carbons (Fsp3) is 0.462. The summed E-state index contributed by atoms with van der Waals surface area (Å²) in [7, 11) is -3.55. The second kappa shape index (κ2) is 7.25. The van der Waals surface area contributed by atoms with E-state index < -0.39 is 16.0 Å². The van der Waals surface area contributed by atoms with Gasteiger partial charge in [-0.1, -0.05) is 19.1 Å². The summed E-state index contributed by atoms with van der Waals surface area (Å²) >= 11 is 0. The van der Waals surface area contributed by atoms with Crippen molar-refractivity contribution in [3.63, 3.8) is 0 Å². The highest BCUT2D eigenvalue weighted by Gasteiger charge is 2.18. The molecule has 0 radical (unpaired) electrons. The second-order valence-electron chi connectivity index (χ2n) is 4.48. The van der Waals surface area contributed by atoms with E-state index in [9.17, 15) is 13.2 Å². The van der Waals surface area contributed by atoms with Crippen molar-refractivity contribution < 1.29 is 18.3 Å². The Labute approximate surface area is 119 Å². The molecule has 0 heterocycles. The van der Waals surface area contributed by atoms with Gasteiger partial charge in [0.15, 0.2) is 0 Å². The largest absolute Gasteiger partial charge is 0.481 e. The van der Waals surface area contributed by atoms with Crippen molar-refractivity contribution >= 4 is 21.7 Å². The lowest BCUT2D eigenvalue weighted by molar-refractivity contribution is -0.137. The minimum Gasteiger partial charge on any atom is -0.481 e. The molecule has 1 aromatic rings. The van der Waals surface area contributed by atoms with Gasteiger partial charge >= 0.3 is 5.97 Å². The molecule has 0 spiro atoms. The SMILES string of the molecule is CCNS(=O)(=O)c1ccccc1NC(C)CCC(=O)O. The van der Waals surface area contributed by atoms with Crippen molar-refractivity contribution in [1.82, 2.24) is 4.72 Å². The maximum absolute atomic E-state index is 12.1. The normalized spacial score (nSPS) is 12.9. The fourth-order valence-corrected chi connectivity index (χ4v) is 2.98. The van der Waals surface area contributed by atoms with Crippen LogP contribution in [-0.2, 0) is 14.8 Å².